The highest BCUT2D eigenvalue weighted by Crippen LogP contribution is 2.45. The highest BCUT2D eigenvalue weighted by atomic mass is 16.5. The molecule has 4 rings (SSSR count). The largest absolute Gasteiger partial charge is 0.396 e. The third kappa shape index (κ3) is 5.27. The molecular weight excluding hydrogens is 418 g/mol. The van der Waals surface area contributed by atoms with Crippen LogP contribution in [0.1, 0.15) is 44.7 Å². The lowest BCUT2D eigenvalue weighted by Gasteiger charge is -2.41. The second-order valence-corrected chi connectivity index (χ2v) is 8.99. The maximum absolute atomic E-state index is 12.5. The summed E-state index contributed by atoms with van der Waals surface area (Å²) in [6, 6.07) is 9.91. The number of methoxy groups -OCH3 is 1. The van der Waals surface area contributed by atoms with Gasteiger partial charge in [-0.3, -0.25) is 9.59 Å². The van der Waals surface area contributed by atoms with Crippen LogP contribution in [0.5, 0.6) is 0 Å². The van der Waals surface area contributed by atoms with Crippen molar-refractivity contribution in [3.63, 3.8) is 0 Å². The zero-order valence-electron chi connectivity index (χ0n) is 19.6. The van der Waals surface area contributed by atoms with Crippen LogP contribution in [-0.2, 0) is 14.3 Å². The Bertz CT molecular complexity index is 1020. The van der Waals surface area contributed by atoms with E-state index in [0.29, 0.717) is 44.3 Å². The second-order valence-electron chi connectivity index (χ2n) is 8.99. The van der Waals surface area contributed by atoms with Gasteiger partial charge in [0.25, 0.3) is 0 Å². The molecule has 8 heteroatoms. The van der Waals surface area contributed by atoms with E-state index in [0.717, 1.165) is 41.2 Å². The molecule has 1 atom stereocenters. The number of nitrogens with two attached hydrogens (primary N) is 1. The molecule has 1 aliphatic heterocycles. The van der Waals surface area contributed by atoms with Crippen molar-refractivity contribution in [2.75, 3.05) is 49.3 Å². The standard InChI is InChI=1S/C25H33N5O3/c1-16-15-29(11-12-30(16)23(32)10-13-33-3)25-22(26)14-21(24(28-25)19-4-5-19)18-6-8-20(9-7-18)27-17(2)31/h6-9,14,16,19H,4-5,10-13,15,26H2,1-3H3,(H,27,31)/t16-/m1/s1. The van der Waals surface area contributed by atoms with Gasteiger partial charge in [0.05, 0.1) is 24.4 Å². The van der Waals surface area contributed by atoms with Gasteiger partial charge in [-0.15, -0.1) is 0 Å². The maximum Gasteiger partial charge on any atom is 0.225 e. The van der Waals surface area contributed by atoms with E-state index in [2.05, 4.69) is 17.1 Å². The number of hydrogen-bond donors (Lipinski definition) is 2. The Hall–Kier alpha value is -3.13. The molecule has 176 valence electrons. The van der Waals surface area contributed by atoms with Crippen LogP contribution in [0.25, 0.3) is 11.1 Å². The summed E-state index contributed by atoms with van der Waals surface area (Å²) in [4.78, 5) is 33.0. The number of ether oxygens (including phenoxy) is 1. The molecule has 0 unspecified atom stereocenters. The summed E-state index contributed by atoms with van der Waals surface area (Å²) in [5.74, 6) is 1.29. The van der Waals surface area contributed by atoms with Crippen molar-refractivity contribution in [1.82, 2.24) is 9.88 Å². The van der Waals surface area contributed by atoms with Gasteiger partial charge in [0.2, 0.25) is 11.8 Å². The molecule has 2 aromatic rings. The van der Waals surface area contributed by atoms with Gasteiger partial charge in [0.15, 0.2) is 5.82 Å². The maximum atomic E-state index is 12.5. The lowest BCUT2D eigenvalue weighted by molar-refractivity contribution is -0.134. The predicted molar refractivity (Wildman–Crippen MR) is 130 cm³/mol. The molecule has 1 aromatic heterocycles. The summed E-state index contributed by atoms with van der Waals surface area (Å²) >= 11 is 0. The first kappa shape index (κ1) is 23.0. The Balaban J connectivity index is 1.56. The summed E-state index contributed by atoms with van der Waals surface area (Å²) in [5, 5.41) is 2.80. The van der Waals surface area contributed by atoms with Crippen molar-refractivity contribution < 1.29 is 14.3 Å². The highest BCUT2D eigenvalue weighted by molar-refractivity contribution is 5.89. The quantitative estimate of drug-likeness (QED) is 0.670. The number of piperazine rings is 1. The molecule has 33 heavy (non-hydrogen) atoms. The Kier molecular flexibility index (Phi) is 6.83. The van der Waals surface area contributed by atoms with Crippen molar-refractivity contribution in [1.29, 1.82) is 0 Å². The van der Waals surface area contributed by atoms with E-state index in [9.17, 15) is 9.59 Å². The van der Waals surface area contributed by atoms with Gasteiger partial charge in [-0.25, -0.2) is 4.98 Å². The normalized spacial score (nSPS) is 18.3. The summed E-state index contributed by atoms with van der Waals surface area (Å²) < 4.78 is 5.05. The Morgan fingerprint density at radius 3 is 2.55 bits per heavy atom. The van der Waals surface area contributed by atoms with E-state index in [4.69, 9.17) is 15.5 Å². The lowest BCUT2D eigenvalue weighted by atomic mass is 10.00. The van der Waals surface area contributed by atoms with Gasteiger partial charge in [-0.2, -0.15) is 0 Å². The molecule has 2 heterocycles. The number of nitrogens with zero attached hydrogens (tertiary/aromatic N) is 3. The van der Waals surface area contributed by atoms with E-state index in [1.807, 2.05) is 35.2 Å². The fourth-order valence-electron chi connectivity index (χ4n) is 4.48. The summed E-state index contributed by atoms with van der Waals surface area (Å²) in [6.45, 7) is 6.06. The van der Waals surface area contributed by atoms with E-state index < -0.39 is 0 Å². The van der Waals surface area contributed by atoms with Crippen LogP contribution < -0.4 is 16.0 Å². The van der Waals surface area contributed by atoms with E-state index >= 15 is 0 Å². The molecule has 1 aromatic carbocycles. The van der Waals surface area contributed by atoms with Crippen LogP contribution in [0.3, 0.4) is 0 Å². The third-order valence-corrected chi connectivity index (χ3v) is 6.31. The molecular formula is C25H33N5O3. The van der Waals surface area contributed by atoms with Crippen LogP contribution in [-0.4, -0.2) is 61.1 Å². The van der Waals surface area contributed by atoms with E-state index in [-0.39, 0.29) is 17.9 Å². The number of rotatable bonds is 7. The molecule has 2 aliphatic rings. The topological polar surface area (TPSA) is 101 Å². The zero-order valence-corrected chi connectivity index (χ0v) is 19.6. The molecule has 0 radical (unpaired) electrons. The minimum atomic E-state index is -0.0913. The number of benzene rings is 1. The Morgan fingerprint density at radius 2 is 1.94 bits per heavy atom. The van der Waals surface area contributed by atoms with Crippen molar-refractivity contribution >= 4 is 29.0 Å². The van der Waals surface area contributed by atoms with Crippen molar-refractivity contribution in [3.8, 4) is 11.1 Å². The van der Waals surface area contributed by atoms with Crippen LogP contribution in [0, 0.1) is 0 Å². The minimum absolute atomic E-state index is 0.0784. The highest BCUT2D eigenvalue weighted by Gasteiger charge is 2.32. The summed E-state index contributed by atoms with van der Waals surface area (Å²) in [6.07, 6.45) is 2.67. The van der Waals surface area contributed by atoms with Gasteiger partial charge in [-0.05, 0) is 43.5 Å². The fourth-order valence-corrected chi connectivity index (χ4v) is 4.48. The smallest absolute Gasteiger partial charge is 0.225 e. The van der Waals surface area contributed by atoms with E-state index in [1.165, 1.54) is 6.92 Å². The average Bonchev–Trinajstić information content (AvgIpc) is 3.62. The van der Waals surface area contributed by atoms with E-state index in [1.54, 1.807) is 7.11 Å². The minimum Gasteiger partial charge on any atom is -0.396 e. The monoisotopic (exact) mass is 451 g/mol. The third-order valence-electron chi connectivity index (χ3n) is 6.31. The average molecular weight is 452 g/mol. The molecule has 2 fully saturated rings. The molecule has 2 amide bonds. The van der Waals surface area contributed by atoms with Crippen LogP contribution in [0.4, 0.5) is 17.2 Å². The predicted octanol–water partition coefficient (Wildman–Crippen LogP) is 3.24. The number of anilines is 3. The lowest BCUT2D eigenvalue weighted by Crippen LogP contribution is -2.54. The number of aromatic nitrogens is 1. The number of hydrogen-bond acceptors (Lipinski definition) is 6. The van der Waals surface area contributed by atoms with Crippen LogP contribution in [0.15, 0.2) is 30.3 Å². The number of nitrogens with one attached hydrogen (secondary N) is 1. The van der Waals surface area contributed by atoms with Crippen LogP contribution >= 0.6 is 0 Å². The van der Waals surface area contributed by atoms with Gasteiger partial charge < -0.3 is 25.6 Å². The van der Waals surface area contributed by atoms with Crippen molar-refractivity contribution in [3.05, 3.63) is 36.0 Å². The first-order chi connectivity index (χ1) is 15.9. The Morgan fingerprint density at radius 1 is 1.21 bits per heavy atom. The fraction of sp³-hybridized carbons (Fsp3) is 0.480. The zero-order chi connectivity index (χ0) is 23.5. The van der Waals surface area contributed by atoms with Gasteiger partial charge in [-0.1, -0.05) is 12.1 Å². The Labute approximate surface area is 195 Å². The first-order valence-electron chi connectivity index (χ1n) is 11.6. The van der Waals surface area contributed by atoms with Crippen molar-refractivity contribution in [2.24, 2.45) is 0 Å². The number of carbonyl (C=O) groups excluding carboxylic acids is 2. The summed E-state index contributed by atoms with van der Waals surface area (Å²) in [7, 11) is 1.61. The van der Waals surface area contributed by atoms with Gasteiger partial charge in [0.1, 0.15) is 0 Å². The molecule has 0 spiro atoms. The molecule has 1 aliphatic carbocycles. The number of carbonyl (C=O) groups is 2. The van der Waals surface area contributed by atoms with Crippen molar-refractivity contribution in [2.45, 2.75) is 45.1 Å². The molecule has 8 nitrogen and oxygen atoms in total. The summed E-state index contributed by atoms with van der Waals surface area (Å²) in [5.41, 5.74) is 11.1. The van der Waals surface area contributed by atoms with Gasteiger partial charge in [0, 0.05) is 56.9 Å². The molecule has 1 saturated carbocycles. The second kappa shape index (κ2) is 9.79. The first-order valence-corrected chi connectivity index (χ1v) is 11.6. The molecule has 0 bridgehead atoms. The number of amides is 2. The van der Waals surface area contributed by atoms with Gasteiger partial charge >= 0.3 is 0 Å². The number of nitrogen functional groups attached to an aromatic ring is 1. The molecule has 3 N–H and O–H groups in total. The SMILES string of the molecule is COCCC(=O)N1CCN(c2nc(C3CC3)c(-c3ccc(NC(C)=O)cc3)cc2N)C[C@H]1C. The molecule has 1 saturated heterocycles. The van der Waals surface area contributed by atoms with Crippen LogP contribution in [0.2, 0.25) is 0 Å². The number of pyridine rings is 1.